The minimum Gasteiger partial charge on any atom is -0.352 e. The van der Waals surface area contributed by atoms with Crippen LogP contribution < -0.4 is 9.62 Å². The van der Waals surface area contributed by atoms with Crippen LogP contribution in [0.5, 0.6) is 0 Å². The predicted molar refractivity (Wildman–Crippen MR) is 176 cm³/mol. The van der Waals surface area contributed by atoms with Crippen molar-refractivity contribution in [1.82, 2.24) is 10.2 Å². The first kappa shape index (κ1) is 33.1. The summed E-state index contributed by atoms with van der Waals surface area (Å²) in [5.41, 5.74) is 1.74. The summed E-state index contributed by atoms with van der Waals surface area (Å²) in [5, 5.41) is 3.41. The van der Waals surface area contributed by atoms with Crippen LogP contribution in [-0.4, -0.2) is 43.8 Å². The normalized spacial score (nSPS) is 12.6. The Morgan fingerprint density at radius 1 is 0.818 bits per heavy atom. The lowest BCUT2D eigenvalue weighted by atomic mass is 10.0. The molecule has 0 saturated heterocycles. The summed E-state index contributed by atoms with van der Waals surface area (Å²) in [4.78, 5) is 29.7. The van der Waals surface area contributed by atoms with Crippen LogP contribution in [-0.2, 0) is 32.6 Å². The Morgan fingerprint density at radius 3 is 1.95 bits per heavy atom. The standard InChI is InChI=1S/C34H35Cl2N3O4S/c1-3-25(2)37-34(41)32(21-26-13-7-4-8-14-26)38(23-27-15-9-5-10-16-27)33(40)24-39(31-20-19-28(35)22-30(31)36)44(42,43)29-17-11-6-12-18-29/h4-20,22,25,32H,3,21,23-24H2,1-2H3,(H,37,41)/t25-,32+/m1/s1. The highest BCUT2D eigenvalue weighted by Crippen LogP contribution is 2.33. The van der Waals surface area contributed by atoms with Crippen molar-refractivity contribution in [3.8, 4) is 0 Å². The predicted octanol–water partition coefficient (Wildman–Crippen LogP) is 6.74. The van der Waals surface area contributed by atoms with Crippen molar-refractivity contribution in [3.63, 3.8) is 0 Å². The van der Waals surface area contributed by atoms with E-state index in [9.17, 15) is 18.0 Å². The van der Waals surface area contributed by atoms with Crippen molar-refractivity contribution in [2.45, 2.75) is 50.2 Å². The van der Waals surface area contributed by atoms with Gasteiger partial charge in [-0.3, -0.25) is 13.9 Å². The Kier molecular flexibility index (Phi) is 11.4. The summed E-state index contributed by atoms with van der Waals surface area (Å²) < 4.78 is 29.1. The second-order valence-electron chi connectivity index (χ2n) is 10.5. The third kappa shape index (κ3) is 8.40. The first-order chi connectivity index (χ1) is 21.1. The number of sulfonamides is 1. The molecule has 0 aliphatic heterocycles. The SMILES string of the molecule is CC[C@@H](C)NC(=O)[C@H](Cc1ccccc1)N(Cc1ccccc1)C(=O)CN(c1ccc(Cl)cc1Cl)S(=O)(=O)c1ccccc1. The van der Waals surface area contributed by atoms with Crippen molar-refractivity contribution in [2.24, 2.45) is 0 Å². The fourth-order valence-corrected chi connectivity index (χ4v) is 6.71. The number of benzene rings is 4. The molecule has 0 aliphatic rings. The topological polar surface area (TPSA) is 86.8 Å². The highest BCUT2D eigenvalue weighted by Gasteiger charge is 2.35. The van der Waals surface area contributed by atoms with Gasteiger partial charge in [-0.1, -0.05) is 109 Å². The van der Waals surface area contributed by atoms with E-state index >= 15 is 0 Å². The number of nitrogens with one attached hydrogen (secondary N) is 1. The molecule has 0 aromatic heterocycles. The van der Waals surface area contributed by atoms with E-state index in [1.807, 2.05) is 74.5 Å². The Morgan fingerprint density at radius 2 is 1.39 bits per heavy atom. The van der Waals surface area contributed by atoms with Crippen LogP contribution in [0.1, 0.15) is 31.4 Å². The van der Waals surface area contributed by atoms with E-state index in [2.05, 4.69) is 5.32 Å². The van der Waals surface area contributed by atoms with E-state index in [4.69, 9.17) is 23.2 Å². The van der Waals surface area contributed by atoms with Gasteiger partial charge in [-0.15, -0.1) is 0 Å². The molecule has 0 spiro atoms. The van der Waals surface area contributed by atoms with Gasteiger partial charge in [-0.05, 0) is 54.8 Å². The van der Waals surface area contributed by atoms with Gasteiger partial charge in [-0.25, -0.2) is 8.42 Å². The number of nitrogens with zero attached hydrogens (tertiary/aromatic N) is 2. The maximum Gasteiger partial charge on any atom is 0.264 e. The molecule has 0 fully saturated rings. The molecule has 44 heavy (non-hydrogen) atoms. The Balaban J connectivity index is 1.81. The van der Waals surface area contributed by atoms with Gasteiger partial charge in [0, 0.05) is 24.0 Å². The molecule has 0 bridgehead atoms. The van der Waals surface area contributed by atoms with Crippen LogP contribution in [0, 0.1) is 0 Å². The number of carbonyl (C=O) groups is 2. The molecule has 10 heteroatoms. The summed E-state index contributed by atoms with van der Waals surface area (Å²) in [6.07, 6.45) is 0.934. The van der Waals surface area contributed by atoms with Gasteiger partial charge in [0.2, 0.25) is 11.8 Å². The summed E-state index contributed by atoms with van der Waals surface area (Å²) in [6, 6.07) is 29.9. The fourth-order valence-electron chi connectivity index (χ4n) is 4.69. The number of rotatable bonds is 13. The molecule has 7 nitrogen and oxygen atoms in total. The van der Waals surface area contributed by atoms with Crippen LogP contribution in [0.3, 0.4) is 0 Å². The lowest BCUT2D eigenvalue weighted by Gasteiger charge is -2.34. The first-order valence-electron chi connectivity index (χ1n) is 14.3. The lowest BCUT2D eigenvalue weighted by Crippen LogP contribution is -2.54. The molecule has 4 rings (SSSR count). The molecular formula is C34H35Cl2N3O4S. The molecule has 4 aromatic rings. The molecule has 230 valence electrons. The van der Waals surface area contributed by atoms with E-state index in [-0.39, 0.29) is 40.5 Å². The molecule has 0 unspecified atom stereocenters. The molecule has 2 amide bonds. The van der Waals surface area contributed by atoms with Crippen LogP contribution in [0.2, 0.25) is 10.0 Å². The molecule has 1 N–H and O–H groups in total. The van der Waals surface area contributed by atoms with E-state index in [1.165, 1.54) is 35.2 Å². The van der Waals surface area contributed by atoms with Crippen molar-refractivity contribution in [1.29, 1.82) is 0 Å². The van der Waals surface area contributed by atoms with Gasteiger partial charge in [-0.2, -0.15) is 0 Å². The van der Waals surface area contributed by atoms with Crippen molar-refractivity contribution >= 4 is 50.7 Å². The van der Waals surface area contributed by atoms with Crippen LogP contribution in [0.25, 0.3) is 0 Å². The fraction of sp³-hybridized carbons (Fsp3) is 0.235. The van der Waals surface area contributed by atoms with E-state index < -0.39 is 28.5 Å². The van der Waals surface area contributed by atoms with Gasteiger partial charge >= 0.3 is 0 Å². The maximum atomic E-state index is 14.4. The van der Waals surface area contributed by atoms with Gasteiger partial charge < -0.3 is 10.2 Å². The van der Waals surface area contributed by atoms with Gasteiger partial charge in [0.05, 0.1) is 15.6 Å². The van der Waals surface area contributed by atoms with Gasteiger partial charge in [0.1, 0.15) is 12.6 Å². The minimum absolute atomic E-state index is 0.0104. The average Bonchev–Trinajstić information content (AvgIpc) is 3.03. The number of hydrogen-bond donors (Lipinski definition) is 1. The summed E-state index contributed by atoms with van der Waals surface area (Å²) in [6.45, 7) is 3.34. The molecular weight excluding hydrogens is 617 g/mol. The van der Waals surface area contributed by atoms with Crippen molar-refractivity contribution in [3.05, 3.63) is 130 Å². The second kappa shape index (κ2) is 15.2. The summed E-state index contributed by atoms with van der Waals surface area (Å²) in [5.74, 6) is -0.894. The highest BCUT2D eigenvalue weighted by atomic mass is 35.5. The highest BCUT2D eigenvalue weighted by molar-refractivity contribution is 7.92. The largest absolute Gasteiger partial charge is 0.352 e. The van der Waals surface area contributed by atoms with Crippen molar-refractivity contribution in [2.75, 3.05) is 10.8 Å². The zero-order chi connectivity index (χ0) is 31.7. The van der Waals surface area contributed by atoms with Crippen LogP contribution in [0.15, 0.2) is 114 Å². The number of carbonyl (C=O) groups excluding carboxylic acids is 2. The molecule has 0 radical (unpaired) electrons. The summed E-state index contributed by atoms with van der Waals surface area (Å²) >= 11 is 12.7. The average molecular weight is 653 g/mol. The van der Waals surface area contributed by atoms with E-state index in [0.717, 1.165) is 15.4 Å². The zero-order valence-electron chi connectivity index (χ0n) is 24.6. The molecule has 0 heterocycles. The minimum atomic E-state index is -4.26. The monoisotopic (exact) mass is 651 g/mol. The van der Waals surface area contributed by atoms with Crippen LogP contribution in [0.4, 0.5) is 5.69 Å². The number of amides is 2. The molecule has 0 saturated carbocycles. The first-order valence-corrected chi connectivity index (χ1v) is 16.5. The third-order valence-corrected chi connectivity index (χ3v) is 9.57. The Labute approximate surface area is 269 Å². The van der Waals surface area contributed by atoms with Gasteiger partial charge in [0.25, 0.3) is 10.0 Å². The number of anilines is 1. The number of halogens is 2. The third-order valence-electron chi connectivity index (χ3n) is 7.26. The van der Waals surface area contributed by atoms with E-state index in [0.29, 0.717) is 11.4 Å². The molecule has 0 aliphatic carbocycles. The Bertz CT molecular complexity index is 1660. The second-order valence-corrected chi connectivity index (χ2v) is 13.2. The van der Waals surface area contributed by atoms with Crippen LogP contribution >= 0.6 is 23.2 Å². The lowest BCUT2D eigenvalue weighted by molar-refractivity contribution is -0.140. The maximum absolute atomic E-state index is 14.4. The zero-order valence-corrected chi connectivity index (χ0v) is 26.9. The smallest absolute Gasteiger partial charge is 0.264 e. The van der Waals surface area contributed by atoms with E-state index in [1.54, 1.807) is 18.2 Å². The summed E-state index contributed by atoms with van der Waals surface area (Å²) in [7, 11) is -4.26. The number of hydrogen-bond acceptors (Lipinski definition) is 4. The molecule has 4 aromatic carbocycles. The quantitative estimate of drug-likeness (QED) is 0.173. The molecule has 2 atom stereocenters. The van der Waals surface area contributed by atoms with Gasteiger partial charge in [0.15, 0.2) is 0 Å². The van der Waals surface area contributed by atoms with Crippen molar-refractivity contribution < 1.29 is 18.0 Å². The Hall–Kier alpha value is -3.85.